The number of hydrogen-bond acceptors (Lipinski definition) is 7. The zero-order valence-corrected chi connectivity index (χ0v) is 28.0. The van der Waals surface area contributed by atoms with Crippen LogP contribution in [0, 0.1) is 22.9 Å². The van der Waals surface area contributed by atoms with Gasteiger partial charge in [0.25, 0.3) is 15.7 Å². The number of rotatable bonds is 14. The molecule has 252 valence electrons. The molecule has 4 rings (SSSR count). The zero-order valence-electron chi connectivity index (χ0n) is 26.4. The van der Waals surface area contributed by atoms with Crippen LogP contribution in [0.3, 0.4) is 0 Å². The standard InChI is InChI=1S/C34H34ClFN4O7S/c1-4-37-34(42)31(18-24-10-6-5-7-11-24)38(21-25-12-8-9-13-28(25)36)33(41)22-39(30-19-26(35)15-17-32(30)47-3)48(45,46)27-16-14-23(2)29(20-27)40(43)44/h5-17,19-20,31H,4,18,21-22H2,1-3H3,(H,37,42)/t31-/m0/s1. The van der Waals surface area contributed by atoms with E-state index in [1.54, 1.807) is 43.3 Å². The summed E-state index contributed by atoms with van der Waals surface area (Å²) < 4.78 is 49.9. The molecule has 0 saturated carbocycles. The highest BCUT2D eigenvalue weighted by molar-refractivity contribution is 7.92. The lowest BCUT2D eigenvalue weighted by Gasteiger charge is -2.34. The number of nitrogens with zero attached hydrogens (tertiary/aromatic N) is 3. The fraction of sp³-hybridized carbons (Fsp3) is 0.235. The van der Waals surface area contributed by atoms with Crippen molar-refractivity contribution in [3.8, 4) is 5.75 Å². The molecule has 14 heteroatoms. The van der Waals surface area contributed by atoms with E-state index in [4.69, 9.17) is 16.3 Å². The van der Waals surface area contributed by atoms with Gasteiger partial charge in [0, 0.05) is 41.7 Å². The molecule has 0 aliphatic heterocycles. The van der Waals surface area contributed by atoms with Crippen molar-refractivity contribution >= 4 is 44.8 Å². The third-order valence-corrected chi connectivity index (χ3v) is 9.57. The second-order valence-electron chi connectivity index (χ2n) is 10.7. The monoisotopic (exact) mass is 696 g/mol. The lowest BCUT2D eigenvalue weighted by molar-refractivity contribution is -0.385. The number of aryl methyl sites for hydroxylation is 1. The van der Waals surface area contributed by atoms with Crippen molar-refractivity contribution in [1.82, 2.24) is 10.2 Å². The Hall–Kier alpha value is -5.01. The summed E-state index contributed by atoms with van der Waals surface area (Å²) in [7, 11) is -3.44. The smallest absolute Gasteiger partial charge is 0.273 e. The fourth-order valence-corrected chi connectivity index (χ4v) is 6.70. The van der Waals surface area contributed by atoms with Crippen LogP contribution >= 0.6 is 11.6 Å². The summed E-state index contributed by atoms with van der Waals surface area (Å²) in [5, 5.41) is 14.6. The minimum atomic E-state index is -4.73. The molecule has 2 amide bonds. The molecule has 0 saturated heterocycles. The quantitative estimate of drug-likeness (QED) is 0.132. The molecule has 0 unspecified atom stereocenters. The number of nitro benzene ring substituents is 1. The molecule has 0 aliphatic rings. The van der Waals surface area contributed by atoms with Crippen LogP contribution in [-0.4, -0.2) is 56.3 Å². The number of benzene rings is 4. The highest BCUT2D eigenvalue weighted by Gasteiger charge is 2.36. The van der Waals surface area contributed by atoms with E-state index in [0.717, 1.165) is 15.3 Å². The molecule has 0 radical (unpaired) electrons. The first kappa shape index (κ1) is 35.8. The van der Waals surface area contributed by atoms with E-state index in [9.17, 15) is 28.1 Å². The number of halogens is 2. The van der Waals surface area contributed by atoms with E-state index in [1.807, 2.05) is 0 Å². The molecular weight excluding hydrogens is 663 g/mol. The first-order valence-electron chi connectivity index (χ1n) is 14.8. The van der Waals surface area contributed by atoms with Gasteiger partial charge in [0.1, 0.15) is 24.2 Å². The van der Waals surface area contributed by atoms with Crippen molar-refractivity contribution in [3.63, 3.8) is 0 Å². The number of hydrogen-bond donors (Lipinski definition) is 1. The number of carbonyl (C=O) groups excluding carboxylic acids is 2. The number of likely N-dealkylation sites (N-methyl/N-ethyl adjacent to an activating group) is 1. The number of sulfonamides is 1. The van der Waals surface area contributed by atoms with Crippen molar-refractivity contribution in [1.29, 1.82) is 0 Å². The molecule has 0 spiro atoms. The Labute approximate surface area is 283 Å². The summed E-state index contributed by atoms with van der Waals surface area (Å²) in [5.41, 5.74) is 0.444. The Kier molecular flexibility index (Phi) is 11.7. The van der Waals surface area contributed by atoms with Crippen LogP contribution in [0.4, 0.5) is 15.8 Å². The van der Waals surface area contributed by atoms with Crippen LogP contribution in [0.1, 0.15) is 23.6 Å². The summed E-state index contributed by atoms with van der Waals surface area (Å²) in [6.07, 6.45) is 0.0320. The van der Waals surface area contributed by atoms with Crippen molar-refractivity contribution in [2.24, 2.45) is 0 Å². The number of nitrogens with one attached hydrogen (secondary N) is 1. The summed E-state index contributed by atoms with van der Waals surface area (Å²) in [5.74, 6) is -1.99. The molecule has 4 aromatic rings. The maximum atomic E-state index is 15.0. The molecular formula is C34H34ClFN4O7S. The molecule has 0 fully saturated rings. The Balaban J connectivity index is 1.89. The minimum Gasteiger partial charge on any atom is -0.495 e. The van der Waals surface area contributed by atoms with Crippen LogP contribution in [0.25, 0.3) is 0 Å². The zero-order chi connectivity index (χ0) is 35.0. The van der Waals surface area contributed by atoms with Gasteiger partial charge in [-0.2, -0.15) is 0 Å². The third-order valence-electron chi connectivity index (χ3n) is 7.57. The SMILES string of the molecule is CCNC(=O)[C@H](Cc1ccccc1)N(Cc1ccccc1F)C(=O)CN(c1cc(Cl)ccc1OC)S(=O)(=O)c1ccc(C)c([N+](=O)[O-])c1. The van der Waals surface area contributed by atoms with Crippen LogP contribution < -0.4 is 14.4 Å². The highest BCUT2D eigenvalue weighted by Crippen LogP contribution is 2.36. The molecule has 0 aliphatic carbocycles. The van der Waals surface area contributed by atoms with Gasteiger partial charge < -0.3 is 15.0 Å². The molecule has 48 heavy (non-hydrogen) atoms. The van der Waals surface area contributed by atoms with Gasteiger partial charge in [-0.3, -0.25) is 24.0 Å². The maximum absolute atomic E-state index is 15.0. The molecule has 1 atom stereocenters. The van der Waals surface area contributed by atoms with Gasteiger partial charge in [-0.25, -0.2) is 12.8 Å². The minimum absolute atomic E-state index is 0.0302. The molecule has 1 N–H and O–H groups in total. The van der Waals surface area contributed by atoms with E-state index in [2.05, 4.69) is 5.32 Å². The first-order valence-corrected chi connectivity index (χ1v) is 16.6. The molecule has 11 nitrogen and oxygen atoms in total. The van der Waals surface area contributed by atoms with E-state index in [1.165, 1.54) is 62.6 Å². The van der Waals surface area contributed by atoms with E-state index in [0.29, 0.717) is 5.56 Å². The highest BCUT2D eigenvalue weighted by atomic mass is 35.5. The summed E-state index contributed by atoms with van der Waals surface area (Å²) in [6, 6.07) is 21.0. The molecule has 0 bridgehead atoms. The average Bonchev–Trinajstić information content (AvgIpc) is 3.06. The van der Waals surface area contributed by atoms with Crippen LogP contribution in [0.15, 0.2) is 95.9 Å². The number of ether oxygens (including phenoxy) is 1. The van der Waals surface area contributed by atoms with Crippen LogP contribution in [0.5, 0.6) is 5.75 Å². The van der Waals surface area contributed by atoms with E-state index in [-0.39, 0.29) is 47.1 Å². The predicted molar refractivity (Wildman–Crippen MR) is 180 cm³/mol. The number of amides is 2. The van der Waals surface area contributed by atoms with Gasteiger partial charge in [0.05, 0.1) is 22.6 Å². The van der Waals surface area contributed by atoms with Crippen LogP contribution in [0.2, 0.25) is 5.02 Å². The summed E-state index contributed by atoms with van der Waals surface area (Å²) in [4.78, 5) is 39.8. The van der Waals surface area contributed by atoms with E-state index < -0.39 is 55.7 Å². The van der Waals surface area contributed by atoms with Crippen molar-refractivity contribution in [3.05, 3.63) is 129 Å². The lowest BCUT2D eigenvalue weighted by atomic mass is 10.0. The van der Waals surface area contributed by atoms with Gasteiger partial charge in [-0.1, -0.05) is 66.2 Å². The number of nitro groups is 1. The van der Waals surface area contributed by atoms with Gasteiger partial charge >= 0.3 is 0 Å². The number of carbonyl (C=O) groups is 2. The van der Waals surface area contributed by atoms with Crippen molar-refractivity contribution in [2.45, 2.75) is 37.8 Å². The van der Waals surface area contributed by atoms with Gasteiger partial charge in [0.2, 0.25) is 11.8 Å². The topological polar surface area (TPSA) is 139 Å². The van der Waals surface area contributed by atoms with Crippen LogP contribution in [-0.2, 0) is 32.6 Å². The predicted octanol–water partition coefficient (Wildman–Crippen LogP) is 5.68. The summed E-state index contributed by atoms with van der Waals surface area (Å²) >= 11 is 6.29. The Morgan fingerprint density at radius 3 is 2.35 bits per heavy atom. The van der Waals surface area contributed by atoms with Gasteiger partial charge in [0.15, 0.2) is 0 Å². The lowest BCUT2D eigenvalue weighted by Crippen LogP contribution is -2.53. The van der Waals surface area contributed by atoms with E-state index >= 15 is 4.39 Å². The second kappa shape index (κ2) is 15.7. The molecule has 0 aromatic heterocycles. The fourth-order valence-electron chi connectivity index (χ4n) is 5.10. The van der Waals surface area contributed by atoms with Gasteiger partial charge in [-0.15, -0.1) is 0 Å². The Morgan fingerprint density at radius 2 is 1.71 bits per heavy atom. The maximum Gasteiger partial charge on any atom is 0.273 e. The number of anilines is 1. The molecule has 0 heterocycles. The van der Waals surface area contributed by atoms with Crippen molar-refractivity contribution < 1.29 is 32.1 Å². The Morgan fingerprint density at radius 1 is 1.02 bits per heavy atom. The number of methoxy groups -OCH3 is 1. The first-order chi connectivity index (χ1) is 22.9. The van der Waals surface area contributed by atoms with Crippen molar-refractivity contribution in [2.75, 3.05) is 24.5 Å². The normalized spacial score (nSPS) is 11.8. The largest absolute Gasteiger partial charge is 0.495 e. The summed E-state index contributed by atoms with van der Waals surface area (Å²) in [6.45, 7) is 2.13. The average molecular weight is 697 g/mol. The van der Waals surface area contributed by atoms with Gasteiger partial charge in [-0.05, 0) is 49.7 Å². The molecule has 4 aromatic carbocycles. The third kappa shape index (κ3) is 8.28. The second-order valence-corrected chi connectivity index (χ2v) is 13.0. The Bertz CT molecular complexity index is 1910.